The van der Waals surface area contributed by atoms with Gasteiger partial charge in [-0.15, -0.1) is 0 Å². The van der Waals surface area contributed by atoms with Gasteiger partial charge in [-0.2, -0.15) is 0 Å². The summed E-state index contributed by atoms with van der Waals surface area (Å²) < 4.78 is 18.0. The molecule has 34 heavy (non-hydrogen) atoms. The zero-order valence-electron chi connectivity index (χ0n) is 20.0. The molecule has 2 aliphatic rings. The highest BCUT2D eigenvalue weighted by Crippen LogP contribution is 2.38. The summed E-state index contributed by atoms with van der Waals surface area (Å²) in [5.74, 6) is -0.0292. The Morgan fingerprint density at radius 1 is 1.12 bits per heavy atom. The van der Waals surface area contributed by atoms with Gasteiger partial charge in [0.1, 0.15) is 12.4 Å². The first-order valence-electron chi connectivity index (χ1n) is 12.7. The number of unbranched alkanes of at least 4 members (excludes halogenated alkanes) is 1. The van der Waals surface area contributed by atoms with E-state index in [2.05, 4.69) is 0 Å². The summed E-state index contributed by atoms with van der Waals surface area (Å²) in [6.45, 7) is 1.12. The van der Waals surface area contributed by atoms with Gasteiger partial charge in [-0.25, -0.2) is 0 Å². The molecule has 1 aromatic carbocycles. The summed E-state index contributed by atoms with van der Waals surface area (Å²) in [6, 6.07) is 9.66. The van der Waals surface area contributed by atoms with Crippen molar-refractivity contribution in [1.29, 1.82) is 0 Å². The molecule has 190 valence electrons. The molecule has 1 aliphatic heterocycles. The number of aliphatic carboxylic acids is 1. The third-order valence-electron chi connectivity index (χ3n) is 6.84. The smallest absolute Gasteiger partial charge is 0.303 e. The van der Waals surface area contributed by atoms with Gasteiger partial charge < -0.3 is 29.5 Å². The van der Waals surface area contributed by atoms with E-state index in [1.54, 1.807) is 0 Å². The van der Waals surface area contributed by atoms with E-state index in [0.717, 1.165) is 31.4 Å². The lowest BCUT2D eigenvalue weighted by molar-refractivity contribution is -0.195. The van der Waals surface area contributed by atoms with Crippen molar-refractivity contribution in [3.8, 4) is 5.75 Å². The van der Waals surface area contributed by atoms with E-state index in [1.807, 2.05) is 42.5 Å². The summed E-state index contributed by atoms with van der Waals surface area (Å²) in [5, 5.41) is 29.9. The molecular weight excluding hydrogens is 436 g/mol. The fourth-order valence-electron chi connectivity index (χ4n) is 4.96. The number of carboxylic acid groups (broad SMARTS) is 1. The highest BCUT2D eigenvalue weighted by atomic mass is 16.7. The summed E-state index contributed by atoms with van der Waals surface area (Å²) in [5.41, 5.74) is 0. The Morgan fingerprint density at radius 2 is 1.91 bits per heavy atom. The molecule has 7 heteroatoms. The van der Waals surface area contributed by atoms with E-state index in [0.29, 0.717) is 45.3 Å². The minimum Gasteiger partial charge on any atom is -0.491 e. The zero-order valence-corrected chi connectivity index (χ0v) is 20.0. The number of hydrogen-bond donors (Lipinski definition) is 3. The second kappa shape index (κ2) is 14.5. The predicted molar refractivity (Wildman–Crippen MR) is 128 cm³/mol. The van der Waals surface area contributed by atoms with Crippen LogP contribution in [0, 0.1) is 11.8 Å². The molecule has 3 rings (SSSR count). The van der Waals surface area contributed by atoms with Crippen LogP contribution in [-0.2, 0) is 14.3 Å². The van der Waals surface area contributed by atoms with Crippen molar-refractivity contribution in [3.63, 3.8) is 0 Å². The van der Waals surface area contributed by atoms with Crippen molar-refractivity contribution >= 4 is 5.97 Å². The molecule has 1 aromatic rings. The molecule has 0 radical (unpaired) electrons. The second-order valence-corrected chi connectivity index (χ2v) is 9.45. The van der Waals surface area contributed by atoms with Crippen molar-refractivity contribution < 1.29 is 34.3 Å². The normalized spacial score (nSPS) is 28.2. The van der Waals surface area contributed by atoms with E-state index >= 15 is 0 Å². The van der Waals surface area contributed by atoms with E-state index in [1.165, 1.54) is 0 Å². The Bertz CT molecular complexity index is 732. The molecular formula is C27H40O7. The van der Waals surface area contributed by atoms with Gasteiger partial charge in [0.05, 0.1) is 18.3 Å². The van der Waals surface area contributed by atoms with Crippen LogP contribution in [0.5, 0.6) is 5.75 Å². The highest BCUT2D eigenvalue weighted by molar-refractivity contribution is 5.66. The fourth-order valence-corrected chi connectivity index (χ4v) is 4.96. The number of rotatable bonds is 14. The number of benzene rings is 1. The molecule has 1 unspecified atom stereocenters. The van der Waals surface area contributed by atoms with Crippen LogP contribution in [0.15, 0.2) is 42.5 Å². The maximum absolute atomic E-state index is 10.6. The van der Waals surface area contributed by atoms with Gasteiger partial charge >= 0.3 is 5.97 Å². The van der Waals surface area contributed by atoms with E-state index < -0.39 is 18.2 Å². The van der Waals surface area contributed by atoms with Gasteiger partial charge in [0, 0.05) is 13.0 Å². The van der Waals surface area contributed by atoms with Gasteiger partial charge in [-0.05, 0) is 81.8 Å². The van der Waals surface area contributed by atoms with Crippen molar-refractivity contribution in [2.24, 2.45) is 11.8 Å². The maximum atomic E-state index is 10.6. The van der Waals surface area contributed by atoms with E-state index in [-0.39, 0.29) is 30.7 Å². The molecule has 0 aromatic heterocycles. The summed E-state index contributed by atoms with van der Waals surface area (Å²) in [7, 11) is 0. The SMILES string of the molecule is O=C(O)CCCC=CC[C@@H]1[C@@H](CC[C@@H](COc2ccccc2)OC2CCCCO2)[C@H](O)C[C@@H]1O. The first kappa shape index (κ1) is 26.7. The maximum Gasteiger partial charge on any atom is 0.303 e. The number of hydrogen-bond acceptors (Lipinski definition) is 6. The first-order valence-corrected chi connectivity index (χ1v) is 12.7. The third kappa shape index (κ3) is 9.02. The number of ether oxygens (including phenoxy) is 3. The Hall–Kier alpha value is -1.93. The summed E-state index contributed by atoms with van der Waals surface area (Å²) >= 11 is 0. The number of carbonyl (C=O) groups is 1. The molecule has 1 aliphatic carbocycles. The van der Waals surface area contributed by atoms with Gasteiger partial charge in [-0.1, -0.05) is 30.4 Å². The lowest BCUT2D eigenvalue weighted by Gasteiger charge is -2.29. The Morgan fingerprint density at radius 3 is 2.65 bits per heavy atom. The van der Waals surface area contributed by atoms with Crippen LogP contribution in [0.3, 0.4) is 0 Å². The Labute approximate surface area is 202 Å². The molecule has 7 nitrogen and oxygen atoms in total. The minimum atomic E-state index is -0.783. The number of para-hydroxylation sites is 1. The van der Waals surface area contributed by atoms with Gasteiger partial charge in [0.25, 0.3) is 0 Å². The van der Waals surface area contributed by atoms with Crippen molar-refractivity contribution in [1.82, 2.24) is 0 Å². The summed E-state index contributed by atoms with van der Waals surface area (Å²) in [4.78, 5) is 10.6. The summed E-state index contributed by atoms with van der Waals surface area (Å²) in [6.07, 6.45) is 9.53. The molecule has 3 N–H and O–H groups in total. The molecule has 6 atom stereocenters. The highest BCUT2D eigenvalue weighted by Gasteiger charge is 2.41. The van der Waals surface area contributed by atoms with Crippen LogP contribution >= 0.6 is 0 Å². The quantitative estimate of drug-likeness (QED) is 0.271. The van der Waals surface area contributed by atoms with E-state index in [9.17, 15) is 15.0 Å². The molecule has 1 saturated heterocycles. The average Bonchev–Trinajstić information content (AvgIpc) is 3.11. The van der Waals surface area contributed by atoms with E-state index in [4.69, 9.17) is 19.3 Å². The molecule has 2 fully saturated rings. The van der Waals surface area contributed by atoms with Crippen LogP contribution in [0.2, 0.25) is 0 Å². The van der Waals surface area contributed by atoms with Crippen molar-refractivity contribution in [2.75, 3.05) is 13.2 Å². The van der Waals surface area contributed by atoms with Gasteiger partial charge in [-0.3, -0.25) is 4.79 Å². The van der Waals surface area contributed by atoms with Crippen LogP contribution in [0.4, 0.5) is 0 Å². The van der Waals surface area contributed by atoms with Crippen LogP contribution in [0.1, 0.15) is 64.2 Å². The lowest BCUT2D eigenvalue weighted by atomic mass is 9.86. The number of aliphatic hydroxyl groups excluding tert-OH is 2. The minimum absolute atomic E-state index is 0.0197. The standard InChI is InChI=1S/C27H40O7/c28-24-18-25(29)23(22(24)12-6-1-2-7-13-26(30)31)16-15-21(34-27-14-8-9-17-32-27)19-33-20-10-4-3-5-11-20/h1,3-6,10-11,21-25,27-29H,2,7-9,12-19H2,(H,30,31)/t21-,22+,23+,24-,25+,27?/m0/s1. The molecule has 0 amide bonds. The number of carboxylic acids is 1. The van der Waals surface area contributed by atoms with Crippen molar-refractivity contribution in [3.05, 3.63) is 42.5 Å². The Balaban J connectivity index is 1.53. The Kier molecular flexibility index (Phi) is 11.3. The molecule has 0 spiro atoms. The van der Waals surface area contributed by atoms with Gasteiger partial charge in [0.2, 0.25) is 0 Å². The van der Waals surface area contributed by atoms with Crippen LogP contribution in [0.25, 0.3) is 0 Å². The van der Waals surface area contributed by atoms with Gasteiger partial charge in [0.15, 0.2) is 6.29 Å². The monoisotopic (exact) mass is 476 g/mol. The van der Waals surface area contributed by atoms with Crippen LogP contribution < -0.4 is 4.74 Å². The zero-order chi connectivity index (χ0) is 24.2. The van der Waals surface area contributed by atoms with Crippen LogP contribution in [-0.4, -0.2) is 59.1 Å². The predicted octanol–water partition coefficient (Wildman–Crippen LogP) is 4.32. The first-order chi connectivity index (χ1) is 16.5. The topological polar surface area (TPSA) is 105 Å². The fraction of sp³-hybridized carbons (Fsp3) is 0.667. The molecule has 1 heterocycles. The molecule has 0 bridgehead atoms. The third-order valence-corrected chi connectivity index (χ3v) is 6.84. The average molecular weight is 477 g/mol. The van der Waals surface area contributed by atoms with Crippen molar-refractivity contribution in [2.45, 2.75) is 88.8 Å². The lowest BCUT2D eigenvalue weighted by Crippen LogP contribution is -2.33. The number of aliphatic hydroxyl groups is 2. The number of allylic oxidation sites excluding steroid dienone is 2. The largest absolute Gasteiger partial charge is 0.491 e. The second-order valence-electron chi connectivity index (χ2n) is 9.45. The molecule has 1 saturated carbocycles.